The number of hydrogen-bond acceptors (Lipinski definition) is 4. The fourth-order valence-electron chi connectivity index (χ4n) is 2.22. The van der Waals surface area contributed by atoms with Gasteiger partial charge in [-0.3, -0.25) is 9.71 Å². The fraction of sp³-hybridized carbons (Fsp3) is 0. The highest BCUT2D eigenvalue weighted by Crippen LogP contribution is 2.23. The lowest BCUT2D eigenvalue weighted by Crippen LogP contribution is -2.13. The normalized spacial score (nSPS) is 11.5. The van der Waals surface area contributed by atoms with E-state index in [1.54, 1.807) is 24.5 Å². The maximum absolute atomic E-state index is 12.5. The smallest absolute Gasteiger partial charge is 0.261 e. The highest BCUT2D eigenvalue weighted by molar-refractivity contribution is 7.92. The van der Waals surface area contributed by atoms with Gasteiger partial charge in [-0.1, -0.05) is 30.4 Å². The molecule has 126 valence electrons. The summed E-state index contributed by atoms with van der Waals surface area (Å²) in [5.41, 5.74) is 2.17. The van der Waals surface area contributed by atoms with Gasteiger partial charge in [-0.25, -0.2) is 8.42 Å². The molecule has 0 aliphatic heterocycles. The van der Waals surface area contributed by atoms with Gasteiger partial charge in [0.15, 0.2) is 0 Å². The Kier molecular flexibility index (Phi) is 4.81. The van der Waals surface area contributed by atoms with E-state index in [-0.39, 0.29) is 10.6 Å². The lowest BCUT2D eigenvalue weighted by Gasteiger charge is -2.11. The van der Waals surface area contributed by atoms with Crippen molar-refractivity contribution < 1.29 is 13.5 Å². The molecule has 0 bridgehead atoms. The second-order valence-corrected chi connectivity index (χ2v) is 6.98. The molecule has 0 spiro atoms. The van der Waals surface area contributed by atoms with Crippen molar-refractivity contribution >= 4 is 27.9 Å². The number of nitrogens with one attached hydrogen (secondary N) is 1. The van der Waals surface area contributed by atoms with Crippen LogP contribution in [0.15, 0.2) is 78.0 Å². The highest BCUT2D eigenvalue weighted by Gasteiger charge is 2.15. The first-order chi connectivity index (χ1) is 12.0. The largest absolute Gasteiger partial charge is 0.508 e. The molecule has 3 aromatic rings. The van der Waals surface area contributed by atoms with Crippen LogP contribution in [-0.2, 0) is 10.0 Å². The molecule has 1 heterocycles. The Hall–Kier alpha value is -3.12. The van der Waals surface area contributed by atoms with Crippen LogP contribution in [0.5, 0.6) is 5.75 Å². The van der Waals surface area contributed by atoms with E-state index < -0.39 is 10.0 Å². The third kappa shape index (κ3) is 4.24. The fourth-order valence-corrected chi connectivity index (χ4v) is 3.31. The van der Waals surface area contributed by atoms with E-state index in [0.717, 1.165) is 11.1 Å². The van der Waals surface area contributed by atoms with Gasteiger partial charge < -0.3 is 5.11 Å². The van der Waals surface area contributed by atoms with Crippen LogP contribution in [0.1, 0.15) is 11.1 Å². The highest BCUT2D eigenvalue weighted by atomic mass is 32.2. The quantitative estimate of drug-likeness (QED) is 0.733. The predicted molar refractivity (Wildman–Crippen MR) is 98.5 cm³/mol. The van der Waals surface area contributed by atoms with Gasteiger partial charge in [0.1, 0.15) is 5.75 Å². The maximum Gasteiger partial charge on any atom is 0.261 e. The minimum Gasteiger partial charge on any atom is -0.508 e. The molecule has 0 amide bonds. The van der Waals surface area contributed by atoms with Crippen LogP contribution in [0.2, 0.25) is 0 Å². The molecule has 0 radical (unpaired) electrons. The Morgan fingerprint density at radius 1 is 0.880 bits per heavy atom. The average Bonchev–Trinajstić information content (AvgIpc) is 2.62. The monoisotopic (exact) mass is 352 g/mol. The van der Waals surface area contributed by atoms with Crippen molar-refractivity contribution in [2.45, 2.75) is 4.90 Å². The molecule has 0 saturated heterocycles. The van der Waals surface area contributed by atoms with Gasteiger partial charge in [-0.05, 0) is 53.6 Å². The van der Waals surface area contributed by atoms with Crippen LogP contribution >= 0.6 is 0 Å². The number of rotatable bonds is 5. The zero-order valence-corrected chi connectivity index (χ0v) is 14.0. The van der Waals surface area contributed by atoms with E-state index >= 15 is 0 Å². The molecule has 3 rings (SSSR count). The SMILES string of the molecule is O=S(=O)(Nc1ccccc1C=Cc1ccncc1)c1ccc(O)cc1. The number of phenols is 1. The molecular weight excluding hydrogens is 336 g/mol. The molecule has 25 heavy (non-hydrogen) atoms. The van der Waals surface area contributed by atoms with E-state index in [0.29, 0.717) is 5.69 Å². The summed E-state index contributed by atoms with van der Waals surface area (Å²) >= 11 is 0. The summed E-state index contributed by atoms with van der Waals surface area (Å²) in [7, 11) is -3.74. The minimum atomic E-state index is -3.74. The maximum atomic E-state index is 12.5. The number of aromatic nitrogens is 1. The zero-order valence-electron chi connectivity index (χ0n) is 13.2. The van der Waals surface area contributed by atoms with Crippen molar-refractivity contribution in [3.05, 3.63) is 84.2 Å². The lowest BCUT2D eigenvalue weighted by molar-refractivity contribution is 0.475. The van der Waals surface area contributed by atoms with Crippen LogP contribution in [0.4, 0.5) is 5.69 Å². The molecular formula is C19H16N2O3S. The number of phenolic OH excluding ortho intramolecular Hbond substituents is 1. The molecule has 1 aromatic heterocycles. The third-order valence-corrected chi connectivity index (χ3v) is 4.89. The number of nitrogens with zero attached hydrogens (tertiary/aromatic N) is 1. The summed E-state index contributed by atoms with van der Waals surface area (Å²) in [6, 6.07) is 16.2. The van der Waals surface area contributed by atoms with Gasteiger partial charge in [-0.15, -0.1) is 0 Å². The van der Waals surface area contributed by atoms with Crippen molar-refractivity contribution in [3.63, 3.8) is 0 Å². The van der Waals surface area contributed by atoms with E-state index in [1.165, 1.54) is 24.3 Å². The minimum absolute atomic E-state index is 0.0136. The third-order valence-electron chi connectivity index (χ3n) is 3.51. The van der Waals surface area contributed by atoms with Crippen LogP contribution < -0.4 is 4.72 Å². The average molecular weight is 352 g/mol. The second kappa shape index (κ2) is 7.19. The van der Waals surface area contributed by atoms with Gasteiger partial charge in [0.05, 0.1) is 10.6 Å². The first kappa shape index (κ1) is 16.7. The molecule has 0 saturated carbocycles. The Morgan fingerprint density at radius 3 is 2.28 bits per heavy atom. The van der Waals surface area contributed by atoms with Crippen LogP contribution in [0.25, 0.3) is 12.2 Å². The molecule has 6 heteroatoms. The molecule has 0 unspecified atom stereocenters. The number of aromatic hydroxyl groups is 1. The van der Waals surface area contributed by atoms with Gasteiger partial charge in [0, 0.05) is 12.4 Å². The Labute approximate surface area is 146 Å². The second-order valence-electron chi connectivity index (χ2n) is 5.30. The summed E-state index contributed by atoms with van der Waals surface area (Å²) in [5.74, 6) is 0.0136. The zero-order chi connectivity index (χ0) is 17.7. The number of anilines is 1. The Balaban J connectivity index is 1.88. The van der Waals surface area contributed by atoms with Gasteiger partial charge in [0.2, 0.25) is 0 Å². The van der Waals surface area contributed by atoms with E-state index in [4.69, 9.17) is 0 Å². The number of sulfonamides is 1. The Bertz CT molecular complexity index is 983. The molecule has 0 aliphatic rings. The van der Waals surface area contributed by atoms with Crippen molar-refractivity contribution in [2.24, 2.45) is 0 Å². The van der Waals surface area contributed by atoms with Gasteiger partial charge in [-0.2, -0.15) is 0 Å². The molecule has 0 fully saturated rings. The predicted octanol–water partition coefficient (Wildman–Crippen LogP) is 3.76. The Morgan fingerprint density at radius 2 is 1.56 bits per heavy atom. The van der Waals surface area contributed by atoms with Crippen LogP contribution in [0.3, 0.4) is 0 Å². The number of hydrogen-bond donors (Lipinski definition) is 2. The van der Waals surface area contributed by atoms with Gasteiger partial charge >= 0.3 is 0 Å². The standard InChI is InChI=1S/C19H16N2O3S/c22-17-7-9-18(10-8-17)25(23,24)21-19-4-2-1-3-16(19)6-5-15-11-13-20-14-12-15/h1-14,21-22H. The summed E-state index contributed by atoms with van der Waals surface area (Å²) in [4.78, 5) is 4.04. The molecule has 2 aromatic carbocycles. The molecule has 2 N–H and O–H groups in total. The van der Waals surface area contributed by atoms with E-state index in [9.17, 15) is 13.5 Å². The first-order valence-corrected chi connectivity index (χ1v) is 9.02. The number of para-hydroxylation sites is 1. The van der Waals surface area contributed by atoms with Crippen LogP contribution in [-0.4, -0.2) is 18.5 Å². The van der Waals surface area contributed by atoms with E-state index in [2.05, 4.69) is 9.71 Å². The number of pyridine rings is 1. The summed E-state index contributed by atoms with van der Waals surface area (Å²) in [6.07, 6.45) is 7.11. The number of benzene rings is 2. The molecule has 0 aliphatic carbocycles. The van der Waals surface area contributed by atoms with Crippen molar-refractivity contribution in [1.82, 2.24) is 4.98 Å². The van der Waals surface area contributed by atoms with Crippen molar-refractivity contribution in [1.29, 1.82) is 0 Å². The van der Waals surface area contributed by atoms with Gasteiger partial charge in [0.25, 0.3) is 10.0 Å². The lowest BCUT2D eigenvalue weighted by atomic mass is 10.1. The van der Waals surface area contributed by atoms with E-state index in [1.807, 2.05) is 36.4 Å². The topological polar surface area (TPSA) is 79.3 Å². The first-order valence-electron chi connectivity index (χ1n) is 7.54. The molecule has 5 nitrogen and oxygen atoms in total. The van der Waals surface area contributed by atoms with Crippen molar-refractivity contribution in [3.8, 4) is 5.75 Å². The summed E-state index contributed by atoms with van der Waals surface area (Å²) in [5, 5.41) is 9.31. The van der Waals surface area contributed by atoms with Crippen molar-refractivity contribution in [2.75, 3.05) is 4.72 Å². The summed E-state index contributed by atoms with van der Waals surface area (Å²) in [6.45, 7) is 0. The van der Waals surface area contributed by atoms with Crippen LogP contribution in [0, 0.1) is 0 Å². The summed E-state index contributed by atoms with van der Waals surface area (Å²) < 4.78 is 27.6. The molecule has 0 atom stereocenters.